The maximum atomic E-state index is 13.3. The van der Waals surface area contributed by atoms with Crippen LogP contribution < -0.4 is 10.2 Å². The molecule has 1 N–H and O–H groups in total. The minimum atomic E-state index is -0.496. The van der Waals surface area contributed by atoms with Crippen LogP contribution in [0.25, 0.3) is 11.8 Å². The number of carbonyl (C=O) groups is 2. The number of hydrogen-bond acceptors (Lipinski definition) is 3. The van der Waals surface area contributed by atoms with Crippen molar-refractivity contribution in [1.82, 2.24) is 9.88 Å². The molecular formula is C25H22BrN3O2S. The molecule has 1 fully saturated rings. The molecule has 0 bridgehead atoms. The van der Waals surface area contributed by atoms with Gasteiger partial charge in [-0.2, -0.15) is 0 Å². The zero-order chi connectivity index (χ0) is 23.2. The van der Waals surface area contributed by atoms with Crippen LogP contribution in [0.3, 0.4) is 0 Å². The van der Waals surface area contributed by atoms with Crippen LogP contribution in [0, 0.1) is 27.7 Å². The van der Waals surface area contributed by atoms with Crippen molar-refractivity contribution < 1.29 is 9.59 Å². The van der Waals surface area contributed by atoms with Crippen molar-refractivity contribution in [3.05, 3.63) is 86.7 Å². The van der Waals surface area contributed by atoms with Crippen LogP contribution in [0.1, 0.15) is 28.1 Å². The molecule has 0 saturated carbocycles. The number of rotatable bonds is 3. The van der Waals surface area contributed by atoms with E-state index in [2.05, 4.69) is 57.9 Å². The molecule has 4 rings (SSSR count). The molecule has 0 unspecified atom stereocenters. The van der Waals surface area contributed by atoms with E-state index >= 15 is 0 Å². The summed E-state index contributed by atoms with van der Waals surface area (Å²) in [4.78, 5) is 27.3. The second-order valence-electron chi connectivity index (χ2n) is 7.86. The van der Waals surface area contributed by atoms with Gasteiger partial charge in [-0.25, -0.2) is 0 Å². The Balaban J connectivity index is 1.76. The summed E-state index contributed by atoms with van der Waals surface area (Å²) < 4.78 is 3.01. The van der Waals surface area contributed by atoms with Crippen LogP contribution in [-0.4, -0.2) is 21.5 Å². The van der Waals surface area contributed by atoms with Crippen molar-refractivity contribution in [2.45, 2.75) is 27.7 Å². The third-order valence-electron chi connectivity index (χ3n) is 5.71. The molecule has 2 heterocycles. The number of nitrogens with zero attached hydrogens (tertiary/aromatic N) is 2. The highest BCUT2D eigenvalue weighted by molar-refractivity contribution is 9.10. The number of hydrogen-bond donors (Lipinski definition) is 1. The number of aromatic nitrogens is 1. The minimum Gasteiger partial charge on any atom is -0.318 e. The van der Waals surface area contributed by atoms with Gasteiger partial charge in [0, 0.05) is 21.5 Å². The number of anilines is 1. The minimum absolute atomic E-state index is 0.0434. The summed E-state index contributed by atoms with van der Waals surface area (Å²) >= 11 is 8.67. The van der Waals surface area contributed by atoms with E-state index in [1.807, 2.05) is 32.0 Å². The Bertz CT molecular complexity index is 1310. The highest BCUT2D eigenvalue weighted by Gasteiger charge is 2.34. The molecule has 0 aliphatic carbocycles. The smallest absolute Gasteiger partial charge is 0.270 e. The Labute approximate surface area is 200 Å². The van der Waals surface area contributed by atoms with Gasteiger partial charge in [-0.05, 0) is 105 Å². The molecule has 1 saturated heterocycles. The number of thiocarbonyl (C=S) groups is 1. The lowest BCUT2D eigenvalue weighted by Crippen LogP contribution is -2.54. The molecule has 1 aliphatic heterocycles. The van der Waals surface area contributed by atoms with Crippen molar-refractivity contribution in [3.63, 3.8) is 0 Å². The van der Waals surface area contributed by atoms with E-state index in [-0.39, 0.29) is 10.7 Å². The molecule has 162 valence electrons. The van der Waals surface area contributed by atoms with Crippen molar-refractivity contribution in [2.75, 3.05) is 4.90 Å². The Morgan fingerprint density at radius 3 is 2.22 bits per heavy atom. The molecule has 5 nitrogen and oxygen atoms in total. The van der Waals surface area contributed by atoms with Crippen LogP contribution in [0.4, 0.5) is 5.69 Å². The molecule has 2 aromatic carbocycles. The predicted molar refractivity (Wildman–Crippen MR) is 135 cm³/mol. The van der Waals surface area contributed by atoms with Gasteiger partial charge in [-0.3, -0.25) is 19.8 Å². The maximum Gasteiger partial charge on any atom is 0.270 e. The van der Waals surface area contributed by atoms with E-state index in [1.54, 1.807) is 18.2 Å². The zero-order valence-electron chi connectivity index (χ0n) is 18.2. The fourth-order valence-electron chi connectivity index (χ4n) is 3.83. The van der Waals surface area contributed by atoms with Gasteiger partial charge in [-0.1, -0.05) is 22.0 Å². The van der Waals surface area contributed by atoms with E-state index in [0.29, 0.717) is 5.69 Å². The first-order chi connectivity index (χ1) is 15.2. The molecule has 2 amide bonds. The third-order valence-corrected chi connectivity index (χ3v) is 6.52. The lowest BCUT2D eigenvalue weighted by atomic mass is 10.1. The van der Waals surface area contributed by atoms with Crippen LogP contribution in [0.2, 0.25) is 0 Å². The number of amides is 2. The van der Waals surface area contributed by atoms with E-state index < -0.39 is 11.8 Å². The fourth-order valence-corrected chi connectivity index (χ4v) is 4.38. The summed E-state index contributed by atoms with van der Waals surface area (Å²) in [5, 5.41) is 2.71. The Morgan fingerprint density at radius 1 is 0.906 bits per heavy atom. The van der Waals surface area contributed by atoms with Gasteiger partial charge in [0.15, 0.2) is 5.11 Å². The second kappa shape index (κ2) is 8.48. The average Bonchev–Trinajstić information content (AvgIpc) is 3.01. The number of aryl methyl sites for hydroxylation is 3. The van der Waals surface area contributed by atoms with Crippen molar-refractivity contribution in [1.29, 1.82) is 0 Å². The summed E-state index contributed by atoms with van der Waals surface area (Å²) in [5.74, 6) is -0.943. The Hall–Kier alpha value is -3.03. The van der Waals surface area contributed by atoms with Crippen LogP contribution in [0.5, 0.6) is 0 Å². The van der Waals surface area contributed by atoms with Crippen molar-refractivity contribution >= 4 is 56.8 Å². The van der Waals surface area contributed by atoms with Crippen LogP contribution in [0.15, 0.2) is 58.6 Å². The summed E-state index contributed by atoms with van der Waals surface area (Å²) in [6.45, 7) is 8.16. The van der Waals surface area contributed by atoms with Gasteiger partial charge in [0.05, 0.1) is 5.69 Å². The molecule has 0 spiro atoms. The number of benzene rings is 2. The Kier molecular flexibility index (Phi) is 5.88. The number of nitrogens with one attached hydrogen (secondary N) is 1. The number of halogens is 1. The molecule has 1 aliphatic rings. The monoisotopic (exact) mass is 507 g/mol. The molecule has 1 aromatic heterocycles. The normalized spacial score (nSPS) is 15.5. The summed E-state index contributed by atoms with van der Waals surface area (Å²) in [6.07, 6.45) is 1.64. The van der Waals surface area contributed by atoms with Gasteiger partial charge in [0.2, 0.25) is 0 Å². The van der Waals surface area contributed by atoms with Crippen molar-refractivity contribution in [3.8, 4) is 5.69 Å². The predicted octanol–water partition coefficient (Wildman–Crippen LogP) is 5.30. The van der Waals surface area contributed by atoms with Gasteiger partial charge in [0.1, 0.15) is 5.57 Å². The van der Waals surface area contributed by atoms with Crippen molar-refractivity contribution in [2.24, 2.45) is 0 Å². The van der Waals surface area contributed by atoms with Gasteiger partial charge < -0.3 is 4.57 Å². The highest BCUT2D eigenvalue weighted by Crippen LogP contribution is 2.27. The van der Waals surface area contributed by atoms with Crippen LogP contribution >= 0.6 is 28.1 Å². The van der Waals surface area contributed by atoms with Gasteiger partial charge >= 0.3 is 0 Å². The zero-order valence-corrected chi connectivity index (χ0v) is 20.6. The molecular weight excluding hydrogens is 486 g/mol. The van der Waals surface area contributed by atoms with E-state index in [4.69, 9.17) is 12.2 Å². The standard InChI is InChI=1S/C25H22BrN3O2S/c1-14-5-8-21(11-15(14)2)28-16(3)12-18(17(28)4)13-22-23(30)27-25(32)29(24(22)31)20-9-6-19(26)7-10-20/h5-13H,1-4H3,(H,27,30,32)/b22-13+. The van der Waals surface area contributed by atoms with E-state index in [1.165, 1.54) is 16.0 Å². The van der Waals surface area contributed by atoms with Gasteiger partial charge in [-0.15, -0.1) is 0 Å². The molecule has 3 aromatic rings. The largest absolute Gasteiger partial charge is 0.318 e. The lowest BCUT2D eigenvalue weighted by Gasteiger charge is -2.29. The van der Waals surface area contributed by atoms with Gasteiger partial charge in [0.25, 0.3) is 11.8 Å². The Morgan fingerprint density at radius 2 is 1.56 bits per heavy atom. The SMILES string of the molecule is Cc1ccc(-n2c(C)cc(/C=C3\C(=O)NC(=S)N(c4ccc(Br)cc4)C3=O)c2C)cc1C. The summed E-state index contributed by atoms with van der Waals surface area (Å²) in [6, 6.07) is 15.5. The first-order valence-electron chi connectivity index (χ1n) is 10.1. The molecule has 0 radical (unpaired) electrons. The second-order valence-corrected chi connectivity index (χ2v) is 9.17. The molecule has 0 atom stereocenters. The first-order valence-corrected chi connectivity index (χ1v) is 11.3. The molecule has 7 heteroatoms. The van der Waals surface area contributed by atoms with E-state index in [9.17, 15) is 9.59 Å². The topological polar surface area (TPSA) is 54.3 Å². The lowest BCUT2D eigenvalue weighted by molar-refractivity contribution is -0.122. The van der Waals surface area contributed by atoms with E-state index in [0.717, 1.165) is 27.1 Å². The average molecular weight is 508 g/mol. The maximum absolute atomic E-state index is 13.3. The summed E-state index contributed by atoms with van der Waals surface area (Å²) in [7, 11) is 0. The number of carbonyl (C=O) groups excluding carboxylic acids is 2. The highest BCUT2D eigenvalue weighted by atomic mass is 79.9. The quantitative estimate of drug-likeness (QED) is 0.297. The first kappa shape index (κ1) is 22.2. The molecule has 32 heavy (non-hydrogen) atoms. The van der Waals surface area contributed by atoms with Crippen LogP contribution in [-0.2, 0) is 9.59 Å². The fraction of sp³-hybridized carbons (Fsp3) is 0.160. The summed E-state index contributed by atoms with van der Waals surface area (Å²) in [5.41, 5.74) is 6.88. The third kappa shape index (κ3) is 3.94.